The van der Waals surface area contributed by atoms with Gasteiger partial charge in [0.1, 0.15) is 16.6 Å². The molecule has 0 atom stereocenters. The van der Waals surface area contributed by atoms with E-state index in [1.807, 2.05) is 0 Å². The second kappa shape index (κ2) is 5.40. The third kappa shape index (κ3) is 2.34. The maximum atomic E-state index is 11.5. The summed E-state index contributed by atoms with van der Waals surface area (Å²) >= 11 is 1.36. The van der Waals surface area contributed by atoms with E-state index in [2.05, 4.69) is 11.0 Å². The van der Waals surface area contributed by atoms with Crippen molar-refractivity contribution in [2.75, 3.05) is 23.7 Å². The van der Waals surface area contributed by atoms with E-state index in [-0.39, 0.29) is 5.78 Å². The molecule has 0 aliphatic carbocycles. The number of Topliss-reactive ketones (excluding diaryl/α,β-unsaturated/α-hetero) is 1. The quantitative estimate of drug-likeness (QED) is 0.833. The smallest absolute Gasteiger partial charge is 0.171 e. The van der Waals surface area contributed by atoms with Gasteiger partial charge in [-0.2, -0.15) is 5.26 Å². The summed E-state index contributed by atoms with van der Waals surface area (Å²) in [7, 11) is 0. The zero-order valence-corrected chi connectivity index (χ0v) is 11.3. The second-order valence-electron chi connectivity index (χ2n) is 4.59. The first kappa shape index (κ1) is 12.9. The van der Waals surface area contributed by atoms with E-state index in [0.717, 1.165) is 30.9 Å². The second-order valence-corrected chi connectivity index (χ2v) is 5.59. The van der Waals surface area contributed by atoms with E-state index in [9.17, 15) is 10.1 Å². The largest absolute Gasteiger partial charge is 0.396 e. The Morgan fingerprint density at radius 2 is 1.94 bits per heavy atom. The molecule has 1 aliphatic rings. The van der Waals surface area contributed by atoms with Gasteiger partial charge in [-0.1, -0.05) is 12.8 Å². The number of nitriles is 1. The van der Waals surface area contributed by atoms with Crippen LogP contribution in [0.15, 0.2) is 0 Å². The highest BCUT2D eigenvalue weighted by molar-refractivity contribution is 7.19. The SMILES string of the molecule is CC(=O)c1sc(N2CCCCCC2)c(C#N)c1N. The average Bonchev–Trinajstić information content (AvgIpc) is 2.54. The van der Waals surface area contributed by atoms with Gasteiger partial charge in [0, 0.05) is 20.0 Å². The third-order valence-electron chi connectivity index (χ3n) is 3.25. The maximum absolute atomic E-state index is 11.5. The zero-order valence-electron chi connectivity index (χ0n) is 10.5. The topological polar surface area (TPSA) is 70.1 Å². The van der Waals surface area contributed by atoms with Gasteiger partial charge in [0.2, 0.25) is 0 Å². The fourth-order valence-electron chi connectivity index (χ4n) is 2.30. The number of carbonyl (C=O) groups is 1. The Bertz CT molecular complexity index is 493. The lowest BCUT2D eigenvalue weighted by Crippen LogP contribution is -2.23. The average molecular weight is 263 g/mol. The van der Waals surface area contributed by atoms with Crippen molar-refractivity contribution >= 4 is 27.8 Å². The number of nitrogens with two attached hydrogens (primary N) is 1. The van der Waals surface area contributed by atoms with Gasteiger partial charge in [0.25, 0.3) is 0 Å². The summed E-state index contributed by atoms with van der Waals surface area (Å²) in [4.78, 5) is 14.2. The number of rotatable bonds is 2. The van der Waals surface area contributed by atoms with Crippen LogP contribution in [0.5, 0.6) is 0 Å². The Labute approximate surface area is 111 Å². The molecule has 2 heterocycles. The molecule has 0 aromatic carbocycles. The Kier molecular flexibility index (Phi) is 3.87. The number of nitrogen functional groups attached to an aromatic ring is 1. The molecule has 1 aromatic heterocycles. The number of thiophene rings is 1. The predicted molar refractivity (Wildman–Crippen MR) is 74.1 cm³/mol. The Hall–Kier alpha value is -1.54. The lowest BCUT2D eigenvalue weighted by Gasteiger charge is -2.20. The van der Waals surface area contributed by atoms with Crippen LogP contribution in [0.25, 0.3) is 0 Å². The molecule has 2 rings (SSSR count). The predicted octanol–water partition coefficient (Wildman–Crippen LogP) is 2.78. The van der Waals surface area contributed by atoms with Crippen molar-refractivity contribution in [1.29, 1.82) is 5.26 Å². The number of ketones is 1. The summed E-state index contributed by atoms with van der Waals surface area (Å²) in [5.41, 5.74) is 6.74. The first-order valence-electron chi connectivity index (χ1n) is 6.23. The van der Waals surface area contributed by atoms with Crippen molar-refractivity contribution in [3.8, 4) is 6.07 Å². The number of hydrogen-bond donors (Lipinski definition) is 1. The molecule has 1 aromatic rings. The lowest BCUT2D eigenvalue weighted by atomic mass is 10.2. The molecule has 0 spiro atoms. The molecule has 1 fully saturated rings. The normalized spacial score (nSPS) is 16.1. The van der Waals surface area contributed by atoms with Crippen molar-refractivity contribution < 1.29 is 4.79 Å². The van der Waals surface area contributed by atoms with Gasteiger partial charge < -0.3 is 10.6 Å². The molecule has 0 saturated carbocycles. The first-order chi connectivity index (χ1) is 8.65. The molecule has 5 heteroatoms. The number of anilines is 2. The third-order valence-corrected chi connectivity index (χ3v) is 4.62. The molecule has 1 aliphatic heterocycles. The molecule has 0 bridgehead atoms. The van der Waals surface area contributed by atoms with Crippen molar-refractivity contribution in [3.63, 3.8) is 0 Å². The van der Waals surface area contributed by atoms with Gasteiger partial charge in [-0.25, -0.2) is 0 Å². The van der Waals surface area contributed by atoms with Crippen molar-refractivity contribution in [3.05, 3.63) is 10.4 Å². The van der Waals surface area contributed by atoms with Gasteiger partial charge >= 0.3 is 0 Å². The van der Waals surface area contributed by atoms with E-state index >= 15 is 0 Å². The molecule has 1 saturated heterocycles. The van der Waals surface area contributed by atoms with E-state index < -0.39 is 0 Å². The number of nitrogens with zero attached hydrogens (tertiary/aromatic N) is 2. The van der Waals surface area contributed by atoms with Crippen LogP contribution in [0, 0.1) is 11.3 Å². The van der Waals surface area contributed by atoms with Crippen molar-refractivity contribution in [2.24, 2.45) is 0 Å². The number of hydrogen-bond acceptors (Lipinski definition) is 5. The molecule has 0 unspecified atom stereocenters. The van der Waals surface area contributed by atoms with Crippen molar-refractivity contribution in [1.82, 2.24) is 0 Å². The molecule has 96 valence electrons. The summed E-state index contributed by atoms with van der Waals surface area (Å²) in [6.45, 7) is 3.40. The monoisotopic (exact) mass is 263 g/mol. The molecule has 0 amide bonds. The van der Waals surface area contributed by atoms with E-state index in [0.29, 0.717) is 16.1 Å². The zero-order chi connectivity index (χ0) is 13.1. The summed E-state index contributed by atoms with van der Waals surface area (Å²) < 4.78 is 0. The fourth-order valence-corrected chi connectivity index (χ4v) is 3.42. The van der Waals surface area contributed by atoms with Crippen LogP contribution in [0.4, 0.5) is 10.7 Å². The lowest BCUT2D eigenvalue weighted by molar-refractivity contribution is 0.102. The highest BCUT2D eigenvalue weighted by atomic mass is 32.1. The highest BCUT2D eigenvalue weighted by Crippen LogP contribution is 2.38. The van der Waals surface area contributed by atoms with Gasteiger partial charge in [-0.05, 0) is 12.8 Å². The molecular weight excluding hydrogens is 246 g/mol. The minimum absolute atomic E-state index is 0.0601. The van der Waals surface area contributed by atoms with Gasteiger partial charge in [0.05, 0.1) is 10.6 Å². The van der Waals surface area contributed by atoms with Crippen LogP contribution in [0.2, 0.25) is 0 Å². The number of carbonyl (C=O) groups excluding carboxylic acids is 1. The Morgan fingerprint density at radius 3 is 2.44 bits per heavy atom. The van der Waals surface area contributed by atoms with Crippen LogP contribution in [0.3, 0.4) is 0 Å². The van der Waals surface area contributed by atoms with E-state index in [1.165, 1.54) is 31.1 Å². The van der Waals surface area contributed by atoms with Crippen molar-refractivity contribution in [2.45, 2.75) is 32.6 Å². The molecule has 18 heavy (non-hydrogen) atoms. The standard InChI is InChI=1S/C13H17N3OS/c1-9(17)12-11(15)10(8-14)13(18-12)16-6-4-2-3-5-7-16/h2-7,15H2,1H3. The van der Waals surface area contributed by atoms with Crippen LogP contribution < -0.4 is 10.6 Å². The summed E-state index contributed by atoms with van der Waals surface area (Å²) in [6, 6.07) is 2.15. The minimum atomic E-state index is -0.0601. The Balaban J connectivity index is 2.40. The molecule has 2 N–H and O–H groups in total. The molecule has 4 nitrogen and oxygen atoms in total. The summed E-state index contributed by atoms with van der Waals surface area (Å²) in [6.07, 6.45) is 4.74. The summed E-state index contributed by atoms with van der Waals surface area (Å²) in [5.74, 6) is -0.0601. The minimum Gasteiger partial charge on any atom is -0.396 e. The highest BCUT2D eigenvalue weighted by Gasteiger charge is 2.23. The Morgan fingerprint density at radius 1 is 1.33 bits per heavy atom. The molecule has 0 radical (unpaired) electrons. The van der Waals surface area contributed by atoms with E-state index in [1.54, 1.807) is 0 Å². The maximum Gasteiger partial charge on any atom is 0.171 e. The van der Waals surface area contributed by atoms with Crippen LogP contribution in [-0.2, 0) is 0 Å². The van der Waals surface area contributed by atoms with Gasteiger partial charge in [0.15, 0.2) is 5.78 Å². The van der Waals surface area contributed by atoms with Gasteiger partial charge in [-0.15, -0.1) is 11.3 Å². The molecular formula is C13H17N3OS. The first-order valence-corrected chi connectivity index (χ1v) is 7.05. The van der Waals surface area contributed by atoms with Crippen LogP contribution >= 0.6 is 11.3 Å². The van der Waals surface area contributed by atoms with Crippen LogP contribution in [0.1, 0.15) is 47.8 Å². The van der Waals surface area contributed by atoms with Gasteiger partial charge in [-0.3, -0.25) is 4.79 Å². The van der Waals surface area contributed by atoms with E-state index in [4.69, 9.17) is 5.73 Å². The fraction of sp³-hybridized carbons (Fsp3) is 0.538. The van der Waals surface area contributed by atoms with Crippen LogP contribution in [-0.4, -0.2) is 18.9 Å². The summed E-state index contributed by atoms with van der Waals surface area (Å²) in [5, 5.41) is 10.1.